The SMILES string of the molecule is c1ccc(-c2ccc(N(c3ccc4c5ccccc5n(-c5ccccc5)c4c3)c3cccc(-c4cc5ccccc5c5ccccc45)c3-c3ccc4c(c3)oc3ccccc34)cc2)cc1. The van der Waals surface area contributed by atoms with Crippen LogP contribution in [0.15, 0.2) is 247 Å². The lowest BCUT2D eigenvalue weighted by Gasteiger charge is -2.30. The van der Waals surface area contributed by atoms with Gasteiger partial charge in [0.25, 0.3) is 0 Å². The number of aromatic nitrogens is 1. The van der Waals surface area contributed by atoms with Gasteiger partial charge in [-0.3, -0.25) is 0 Å². The molecule has 0 saturated heterocycles. The van der Waals surface area contributed by atoms with Gasteiger partial charge in [0, 0.05) is 44.2 Å². The summed E-state index contributed by atoms with van der Waals surface area (Å²) in [6.07, 6.45) is 0. The molecule has 0 aliphatic carbocycles. The van der Waals surface area contributed by atoms with Crippen LogP contribution in [0.4, 0.5) is 17.1 Å². The summed E-state index contributed by atoms with van der Waals surface area (Å²) in [6.45, 7) is 0. The molecule has 0 unspecified atom stereocenters. The predicted molar refractivity (Wildman–Crippen MR) is 274 cm³/mol. The molecule has 0 N–H and O–H groups in total. The van der Waals surface area contributed by atoms with Crippen LogP contribution < -0.4 is 4.90 Å². The second kappa shape index (κ2) is 15.0. The molecular formula is C62H40N2O. The number of para-hydroxylation sites is 3. The lowest BCUT2D eigenvalue weighted by molar-refractivity contribution is 0.669. The summed E-state index contributed by atoms with van der Waals surface area (Å²) in [5.74, 6) is 0. The molecule has 13 aromatic rings. The Labute approximate surface area is 376 Å². The maximum atomic E-state index is 6.63. The number of hydrogen-bond donors (Lipinski definition) is 0. The summed E-state index contributed by atoms with van der Waals surface area (Å²) in [5.41, 5.74) is 15.2. The van der Waals surface area contributed by atoms with Crippen molar-refractivity contribution in [3.63, 3.8) is 0 Å². The summed E-state index contributed by atoms with van der Waals surface area (Å²) < 4.78 is 9.03. The Bertz CT molecular complexity index is 3940. The van der Waals surface area contributed by atoms with Crippen molar-refractivity contribution < 1.29 is 4.42 Å². The minimum absolute atomic E-state index is 0.861. The second-order valence-electron chi connectivity index (χ2n) is 16.8. The number of hydrogen-bond acceptors (Lipinski definition) is 2. The molecule has 0 amide bonds. The zero-order valence-electron chi connectivity index (χ0n) is 35.4. The molecule has 0 radical (unpaired) electrons. The minimum Gasteiger partial charge on any atom is -0.456 e. The van der Waals surface area contributed by atoms with Gasteiger partial charge < -0.3 is 13.9 Å². The molecule has 0 aliphatic rings. The monoisotopic (exact) mass is 828 g/mol. The Hall–Kier alpha value is -8.66. The summed E-state index contributed by atoms with van der Waals surface area (Å²) in [6, 6.07) is 87.9. The third-order valence-electron chi connectivity index (χ3n) is 13.2. The second-order valence-corrected chi connectivity index (χ2v) is 16.8. The zero-order valence-corrected chi connectivity index (χ0v) is 35.4. The van der Waals surface area contributed by atoms with Crippen molar-refractivity contribution in [2.45, 2.75) is 0 Å². The van der Waals surface area contributed by atoms with E-state index in [1.807, 2.05) is 6.07 Å². The van der Waals surface area contributed by atoms with Gasteiger partial charge in [-0.1, -0.05) is 170 Å². The molecule has 13 rings (SSSR count). The maximum Gasteiger partial charge on any atom is 0.136 e. The average molecular weight is 829 g/mol. The van der Waals surface area contributed by atoms with Crippen LogP contribution in [0.25, 0.3) is 104 Å². The molecule has 0 spiro atoms. The highest BCUT2D eigenvalue weighted by molar-refractivity contribution is 6.17. The molecule has 0 fully saturated rings. The first-order valence-corrected chi connectivity index (χ1v) is 22.2. The van der Waals surface area contributed by atoms with Gasteiger partial charge in [-0.05, 0) is 122 Å². The number of anilines is 3. The van der Waals surface area contributed by atoms with Crippen LogP contribution in [0, 0.1) is 0 Å². The van der Waals surface area contributed by atoms with Crippen molar-refractivity contribution in [1.82, 2.24) is 4.57 Å². The molecular weight excluding hydrogens is 789 g/mol. The van der Waals surface area contributed by atoms with Crippen molar-refractivity contribution >= 4 is 82.4 Å². The van der Waals surface area contributed by atoms with Gasteiger partial charge >= 0.3 is 0 Å². The summed E-state index contributed by atoms with van der Waals surface area (Å²) in [7, 11) is 0. The third-order valence-corrected chi connectivity index (χ3v) is 13.2. The van der Waals surface area contributed by atoms with Gasteiger partial charge in [-0.25, -0.2) is 0 Å². The molecule has 2 heterocycles. The number of benzene rings is 11. The fourth-order valence-corrected chi connectivity index (χ4v) is 10.2. The van der Waals surface area contributed by atoms with E-state index in [4.69, 9.17) is 4.42 Å². The molecule has 65 heavy (non-hydrogen) atoms. The highest BCUT2D eigenvalue weighted by Gasteiger charge is 2.24. The minimum atomic E-state index is 0.861. The van der Waals surface area contributed by atoms with E-state index in [1.54, 1.807) is 0 Å². The van der Waals surface area contributed by atoms with Crippen LogP contribution in [-0.4, -0.2) is 4.57 Å². The van der Waals surface area contributed by atoms with Crippen LogP contribution >= 0.6 is 0 Å². The first-order valence-electron chi connectivity index (χ1n) is 22.2. The number of fused-ring (bicyclic) bond motifs is 9. The lowest BCUT2D eigenvalue weighted by atomic mass is 9.87. The van der Waals surface area contributed by atoms with E-state index >= 15 is 0 Å². The fourth-order valence-electron chi connectivity index (χ4n) is 10.2. The largest absolute Gasteiger partial charge is 0.456 e. The molecule has 2 aromatic heterocycles. The number of furan rings is 1. The van der Waals surface area contributed by atoms with E-state index in [1.165, 1.54) is 54.5 Å². The van der Waals surface area contributed by atoms with E-state index in [0.717, 1.165) is 66.9 Å². The normalized spacial score (nSPS) is 11.7. The quantitative estimate of drug-likeness (QED) is 0.149. The van der Waals surface area contributed by atoms with Crippen molar-refractivity contribution in [3.8, 4) is 39.1 Å². The van der Waals surface area contributed by atoms with Crippen LogP contribution in [-0.2, 0) is 0 Å². The van der Waals surface area contributed by atoms with E-state index in [-0.39, 0.29) is 0 Å². The van der Waals surface area contributed by atoms with Gasteiger partial charge in [0.15, 0.2) is 0 Å². The molecule has 0 saturated carbocycles. The van der Waals surface area contributed by atoms with Gasteiger partial charge in [0.1, 0.15) is 11.2 Å². The highest BCUT2D eigenvalue weighted by atomic mass is 16.3. The van der Waals surface area contributed by atoms with E-state index in [2.05, 4.69) is 246 Å². The maximum absolute atomic E-state index is 6.63. The van der Waals surface area contributed by atoms with Crippen LogP contribution in [0.5, 0.6) is 0 Å². The lowest BCUT2D eigenvalue weighted by Crippen LogP contribution is -2.12. The van der Waals surface area contributed by atoms with Gasteiger partial charge in [0.05, 0.1) is 16.7 Å². The first-order chi connectivity index (χ1) is 32.2. The van der Waals surface area contributed by atoms with Gasteiger partial charge in [0.2, 0.25) is 0 Å². The molecule has 0 aliphatic heterocycles. The molecule has 304 valence electrons. The van der Waals surface area contributed by atoms with Crippen molar-refractivity contribution in [2.24, 2.45) is 0 Å². The summed E-state index contributed by atoms with van der Waals surface area (Å²) >= 11 is 0. The Morgan fingerprint density at radius 3 is 1.75 bits per heavy atom. The molecule has 0 bridgehead atoms. The smallest absolute Gasteiger partial charge is 0.136 e. The summed E-state index contributed by atoms with van der Waals surface area (Å²) in [5, 5.41) is 9.55. The Kier molecular flexibility index (Phi) is 8.53. The van der Waals surface area contributed by atoms with Crippen LogP contribution in [0.2, 0.25) is 0 Å². The zero-order chi connectivity index (χ0) is 42.8. The Morgan fingerprint density at radius 2 is 0.923 bits per heavy atom. The Balaban J connectivity index is 1.12. The van der Waals surface area contributed by atoms with Gasteiger partial charge in [-0.2, -0.15) is 0 Å². The summed E-state index contributed by atoms with van der Waals surface area (Å²) in [4.78, 5) is 2.45. The number of nitrogens with zero attached hydrogens (tertiary/aromatic N) is 2. The van der Waals surface area contributed by atoms with E-state index in [0.29, 0.717) is 0 Å². The molecule has 0 atom stereocenters. The number of rotatable bonds is 7. The molecule has 3 nitrogen and oxygen atoms in total. The van der Waals surface area contributed by atoms with Crippen LogP contribution in [0.1, 0.15) is 0 Å². The average Bonchev–Trinajstić information content (AvgIpc) is 3.92. The van der Waals surface area contributed by atoms with Crippen molar-refractivity contribution in [1.29, 1.82) is 0 Å². The standard InChI is InChI=1S/C62H40N2O/c1-3-16-41(17-4-1)42-30-33-46(34-31-42)63(47-35-37-52-51-24-11-13-27-57(51)64(59(52)40-47)45-19-5-2-6-20-45)58-28-15-26-55(56-38-43-18-7-8-21-48(43)49-22-9-10-23-50(49)56)62(58)44-32-36-54-53-25-12-14-29-60(53)65-61(54)39-44/h1-40H. The fraction of sp³-hybridized carbons (Fsp3) is 0. The van der Waals surface area contributed by atoms with E-state index < -0.39 is 0 Å². The Morgan fingerprint density at radius 1 is 0.323 bits per heavy atom. The third kappa shape index (κ3) is 6.05. The topological polar surface area (TPSA) is 21.3 Å². The highest BCUT2D eigenvalue weighted by Crippen LogP contribution is 2.49. The van der Waals surface area contributed by atoms with Gasteiger partial charge in [-0.15, -0.1) is 0 Å². The van der Waals surface area contributed by atoms with Crippen molar-refractivity contribution in [2.75, 3.05) is 4.90 Å². The predicted octanol–water partition coefficient (Wildman–Crippen LogP) is 17.5. The van der Waals surface area contributed by atoms with Crippen LogP contribution in [0.3, 0.4) is 0 Å². The van der Waals surface area contributed by atoms with E-state index in [9.17, 15) is 0 Å². The molecule has 3 heteroatoms. The van der Waals surface area contributed by atoms with Crippen molar-refractivity contribution in [3.05, 3.63) is 243 Å². The first kappa shape index (κ1) is 36.9. The molecule has 11 aromatic carbocycles.